The minimum atomic E-state index is -5.45. The number of aromatic nitrogens is 2. The zero-order valence-electron chi connectivity index (χ0n) is 9.96. The molecule has 0 fully saturated rings. The highest BCUT2D eigenvalue weighted by Gasteiger charge is 2.59. The first-order valence-corrected chi connectivity index (χ1v) is 5.48. The number of nitrogens with two attached hydrogens (primary N) is 1. The Kier molecular flexibility index (Phi) is 4.49. The lowest BCUT2D eigenvalue weighted by molar-refractivity contribution is -0.290. The second kappa shape index (κ2) is 5.40. The maximum absolute atomic E-state index is 12.5. The van der Waals surface area contributed by atoms with Gasteiger partial charge >= 0.3 is 12.4 Å². The molecule has 0 saturated heterocycles. The highest BCUT2D eigenvalue weighted by molar-refractivity contribution is 5.13. The highest BCUT2D eigenvalue weighted by Crippen LogP contribution is 2.45. The minimum Gasteiger partial charge on any atom is -0.323 e. The smallest absolute Gasteiger partial charge is 0.323 e. The SMILES string of the molecule is CCCn1cc(C(N)C(C(F)(F)F)C(F)(F)F)cn1. The van der Waals surface area contributed by atoms with E-state index in [0.717, 1.165) is 12.4 Å². The van der Waals surface area contributed by atoms with Gasteiger partial charge in [-0.15, -0.1) is 0 Å². The molecule has 1 heterocycles. The summed E-state index contributed by atoms with van der Waals surface area (Å²) in [6.07, 6.45) is -8.21. The molecule has 0 amide bonds. The van der Waals surface area contributed by atoms with E-state index in [0.29, 0.717) is 13.0 Å². The van der Waals surface area contributed by atoms with Crippen LogP contribution in [0, 0.1) is 5.92 Å². The summed E-state index contributed by atoms with van der Waals surface area (Å²) in [4.78, 5) is 0. The summed E-state index contributed by atoms with van der Waals surface area (Å²) in [6, 6.07) is -2.22. The third-order valence-electron chi connectivity index (χ3n) is 2.56. The normalized spacial score (nSPS) is 15.0. The highest BCUT2D eigenvalue weighted by atomic mass is 19.4. The van der Waals surface area contributed by atoms with Crippen LogP contribution in [0.1, 0.15) is 24.9 Å². The van der Waals surface area contributed by atoms with Crippen LogP contribution in [0.4, 0.5) is 26.3 Å². The van der Waals surface area contributed by atoms with Crippen molar-refractivity contribution in [2.24, 2.45) is 11.7 Å². The predicted molar refractivity (Wildman–Crippen MR) is 55.0 cm³/mol. The van der Waals surface area contributed by atoms with Gasteiger partial charge in [0.15, 0.2) is 5.92 Å². The standard InChI is InChI=1S/C10H13F6N3/c1-2-3-19-5-6(4-18-19)7(17)8(9(11,12)13)10(14,15)16/h4-5,7-8H,2-3,17H2,1H3. The van der Waals surface area contributed by atoms with Gasteiger partial charge in [-0.05, 0) is 6.42 Å². The molecule has 0 spiro atoms. The summed E-state index contributed by atoms with van der Waals surface area (Å²) in [5, 5.41) is 3.68. The Morgan fingerprint density at radius 1 is 1.21 bits per heavy atom. The molecule has 0 aliphatic heterocycles. The van der Waals surface area contributed by atoms with Gasteiger partial charge in [-0.25, -0.2) is 0 Å². The topological polar surface area (TPSA) is 43.8 Å². The minimum absolute atomic E-state index is 0.284. The van der Waals surface area contributed by atoms with E-state index in [1.165, 1.54) is 4.68 Å². The maximum Gasteiger partial charge on any atom is 0.402 e. The van der Waals surface area contributed by atoms with E-state index in [2.05, 4.69) is 5.10 Å². The van der Waals surface area contributed by atoms with Gasteiger partial charge in [0.05, 0.1) is 12.2 Å². The van der Waals surface area contributed by atoms with Crippen molar-refractivity contribution in [3.63, 3.8) is 0 Å². The number of halogens is 6. The Morgan fingerprint density at radius 2 is 1.74 bits per heavy atom. The molecule has 19 heavy (non-hydrogen) atoms. The Labute approximate surface area is 105 Å². The summed E-state index contributed by atoms with van der Waals surface area (Å²) in [5.74, 6) is -3.60. The van der Waals surface area contributed by atoms with Gasteiger partial charge in [0.25, 0.3) is 0 Å². The van der Waals surface area contributed by atoms with Crippen LogP contribution in [0.15, 0.2) is 12.4 Å². The van der Waals surface area contributed by atoms with Gasteiger partial charge in [0, 0.05) is 18.3 Å². The van der Waals surface area contributed by atoms with Crippen LogP contribution in [-0.4, -0.2) is 22.1 Å². The second-order valence-corrected chi connectivity index (χ2v) is 4.12. The fourth-order valence-electron chi connectivity index (χ4n) is 1.69. The number of alkyl halides is 6. The van der Waals surface area contributed by atoms with E-state index in [1.807, 2.05) is 0 Å². The molecule has 0 aliphatic rings. The average molecular weight is 289 g/mol. The van der Waals surface area contributed by atoms with Crippen molar-refractivity contribution in [1.29, 1.82) is 0 Å². The van der Waals surface area contributed by atoms with Crippen molar-refractivity contribution >= 4 is 0 Å². The molecule has 1 atom stereocenters. The molecule has 0 radical (unpaired) electrons. The summed E-state index contributed by atoms with van der Waals surface area (Å²) >= 11 is 0. The number of rotatable bonds is 4. The molecule has 1 unspecified atom stereocenters. The molecule has 0 saturated carbocycles. The van der Waals surface area contributed by atoms with Gasteiger partial charge in [0.1, 0.15) is 0 Å². The van der Waals surface area contributed by atoms with Gasteiger partial charge in [-0.3, -0.25) is 4.68 Å². The van der Waals surface area contributed by atoms with Crippen molar-refractivity contribution < 1.29 is 26.3 Å². The molecule has 1 aromatic rings. The Hall–Kier alpha value is -1.25. The fraction of sp³-hybridized carbons (Fsp3) is 0.700. The molecule has 0 aliphatic carbocycles. The lowest BCUT2D eigenvalue weighted by Gasteiger charge is -2.27. The van der Waals surface area contributed by atoms with E-state index < -0.39 is 24.3 Å². The first-order chi connectivity index (χ1) is 8.57. The first-order valence-electron chi connectivity index (χ1n) is 5.48. The number of hydrogen-bond acceptors (Lipinski definition) is 2. The van der Waals surface area contributed by atoms with Gasteiger partial charge in [-0.1, -0.05) is 6.92 Å². The molecule has 0 aromatic carbocycles. The summed E-state index contributed by atoms with van der Waals surface area (Å²) < 4.78 is 76.1. The van der Waals surface area contributed by atoms with E-state index in [1.54, 1.807) is 6.92 Å². The molecule has 9 heteroatoms. The van der Waals surface area contributed by atoms with Crippen LogP contribution < -0.4 is 5.73 Å². The Bertz CT molecular complexity index is 394. The monoisotopic (exact) mass is 289 g/mol. The molecule has 2 N–H and O–H groups in total. The van der Waals surface area contributed by atoms with Crippen LogP contribution >= 0.6 is 0 Å². The second-order valence-electron chi connectivity index (χ2n) is 4.12. The molecule has 3 nitrogen and oxygen atoms in total. The van der Waals surface area contributed by atoms with E-state index >= 15 is 0 Å². The van der Waals surface area contributed by atoms with Gasteiger partial charge < -0.3 is 5.73 Å². The average Bonchev–Trinajstić information content (AvgIpc) is 2.62. The third-order valence-corrected chi connectivity index (χ3v) is 2.56. The van der Waals surface area contributed by atoms with E-state index in [-0.39, 0.29) is 5.56 Å². The summed E-state index contributed by atoms with van der Waals surface area (Å²) in [7, 11) is 0. The molecule has 0 bridgehead atoms. The van der Waals surface area contributed by atoms with E-state index in [9.17, 15) is 26.3 Å². The third kappa shape index (κ3) is 3.85. The van der Waals surface area contributed by atoms with Crippen molar-refractivity contribution in [2.75, 3.05) is 0 Å². The Balaban J connectivity index is 3.02. The zero-order valence-corrected chi connectivity index (χ0v) is 9.96. The van der Waals surface area contributed by atoms with Crippen LogP contribution in [0.2, 0.25) is 0 Å². The van der Waals surface area contributed by atoms with Crippen LogP contribution in [0.3, 0.4) is 0 Å². The zero-order chi connectivity index (χ0) is 14.8. The predicted octanol–water partition coefficient (Wildman–Crippen LogP) is 3.03. The number of hydrogen-bond donors (Lipinski definition) is 1. The molecule has 1 aromatic heterocycles. The quantitative estimate of drug-likeness (QED) is 0.866. The number of nitrogens with zero attached hydrogens (tertiary/aromatic N) is 2. The van der Waals surface area contributed by atoms with Crippen LogP contribution in [0.5, 0.6) is 0 Å². The molecule has 1 rings (SSSR count). The Morgan fingerprint density at radius 3 is 2.16 bits per heavy atom. The van der Waals surface area contributed by atoms with Gasteiger partial charge in [0.2, 0.25) is 0 Å². The van der Waals surface area contributed by atoms with Crippen LogP contribution in [0.25, 0.3) is 0 Å². The lowest BCUT2D eigenvalue weighted by Crippen LogP contribution is -2.43. The van der Waals surface area contributed by atoms with Gasteiger partial charge in [-0.2, -0.15) is 31.4 Å². The number of aryl methyl sites for hydroxylation is 1. The molecular formula is C10H13F6N3. The van der Waals surface area contributed by atoms with Crippen molar-refractivity contribution in [3.05, 3.63) is 18.0 Å². The van der Waals surface area contributed by atoms with Crippen molar-refractivity contribution in [2.45, 2.75) is 38.3 Å². The molecular weight excluding hydrogens is 276 g/mol. The van der Waals surface area contributed by atoms with Crippen molar-refractivity contribution in [1.82, 2.24) is 9.78 Å². The maximum atomic E-state index is 12.5. The first kappa shape index (κ1) is 15.8. The lowest BCUT2D eigenvalue weighted by atomic mass is 9.94. The largest absolute Gasteiger partial charge is 0.402 e. The van der Waals surface area contributed by atoms with Crippen LogP contribution in [-0.2, 0) is 6.54 Å². The van der Waals surface area contributed by atoms with E-state index in [4.69, 9.17) is 5.73 Å². The summed E-state index contributed by atoms with van der Waals surface area (Å²) in [5.41, 5.74) is 4.84. The fourth-order valence-corrected chi connectivity index (χ4v) is 1.69. The summed E-state index contributed by atoms with van der Waals surface area (Å²) in [6.45, 7) is 2.20. The van der Waals surface area contributed by atoms with Crippen molar-refractivity contribution in [3.8, 4) is 0 Å². The molecule has 110 valence electrons.